The summed E-state index contributed by atoms with van der Waals surface area (Å²) < 4.78 is 33.5. The number of halogens is 2. The van der Waals surface area contributed by atoms with Crippen LogP contribution in [0.5, 0.6) is 5.75 Å². The lowest BCUT2D eigenvalue weighted by Gasteiger charge is -2.35. The lowest BCUT2D eigenvalue weighted by molar-refractivity contribution is -0.134. The summed E-state index contributed by atoms with van der Waals surface area (Å²) in [7, 11) is -3.40. The van der Waals surface area contributed by atoms with Gasteiger partial charge >= 0.3 is 0 Å². The molecule has 0 bridgehead atoms. The summed E-state index contributed by atoms with van der Waals surface area (Å²) in [5, 5.41) is 0.776. The number of piperazine rings is 1. The standard InChI is InChI=1S/C16H21Cl2N3O4S/c17-14-4-3-13(11-15(14)18)25-12-16(22)19-7-9-21(10-8-19)26(23,24)20-5-1-2-6-20/h3-4,11H,1-2,5-10,12H2. The highest BCUT2D eigenvalue weighted by Gasteiger charge is 2.34. The normalized spacial score (nSPS) is 19.7. The SMILES string of the molecule is O=C(COc1ccc(Cl)c(Cl)c1)N1CCN(S(=O)(=O)N2CCCC2)CC1. The largest absolute Gasteiger partial charge is 0.484 e. The van der Waals surface area contributed by atoms with E-state index in [1.807, 2.05) is 0 Å². The van der Waals surface area contributed by atoms with E-state index in [1.54, 1.807) is 23.1 Å². The monoisotopic (exact) mass is 421 g/mol. The van der Waals surface area contributed by atoms with Crippen molar-refractivity contribution in [1.29, 1.82) is 0 Å². The molecular formula is C16H21Cl2N3O4S. The molecule has 2 aliphatic heterocycles. The maximum atomic E-state index is 12.5. The van der Waals surface area contributed by atoms with Gasteiger partial charge in [0.15, 0.2) is 6.61 Å². The van der Waals surface area contributed by atoms with Crippen LogP contribution in [-0.2, 0) is 15.0 Å². The molecule has 0 unspecified atom stereocenters. The summed E-state index contributed by atoms with van der Waals surface area (Å²) >= 11 is 11.8. The van der Waals surface area contributed by atoms with E-state index in [4.69, 9.17) is 27.9 Å². The van der Waals surface area contributed by atoms with Crippen LogP contribution in [0.15, 0.2) is 18.2 Å². The minimum Gasteiger partial charge on any atom is -0.484 e. The first-order chi connectivity index (χ1) is 12.4. The van der Waals surface area contributed by atoms with E-state index in [0.717, 1.165) is 12.8 Å². The highest BCUT2D eigenvalue weighted by atomic mass is 35.5. The first-order valence-corrected chi connectivity index (χ1v) is 10.6. The first kappa shape index (κ1) is 19.7. The summed E-state index contributed by atoms with van der Waals surface area (Å²) in [5.41, 5.74) is 0. The van der Waals surface area contributed by atoms with Gasteiger partial charge in [-0.15, -0.1) is 0 Å². The van der Waals surface area contributed by atoms with Crippen molar-refractivity contribution in [2.24, 2.45) is 0 Å². The number of carbonyl (C=O) groups is 1. The number of nitrogens with zero attached hydrogens (tertiary/aromatic N) is 3. The van der Waals surface area contributed by atoms with Crippen LogP contribution in [0.25, 0.3) is 0 Å². The van der Waals surface area contributed by atoms with E-state index in [-0.39, 0.29) is 12.5 Å². The van der Waals surface area contributed by atoms with Crippen LogP contribution in [0.4, 0.5) is 0 Å². The Morgan fingerprint density at radius 3 is 2.19 bits per heavy atom. The van der Waals surface area contributed by atoms with Gasteiger partial charge in [-0.2, -0.15) is 17.0 Å². The molecule has 0 N–H and O–H groups in total. The highest BCUT2D eigenvalue weighted by Crippen LogP contribution is 2.26. The quantitative estimate of drug-likeness (QED) is 0.727. The number of ether oxygens (including phenoxy) is 1. The Morgan fingerprint density at radius 2 is 1.58 bits per heavy atom. The Bertz CT molecular complexity index is 761. The van der Waals surface area contributed by atoms with Crippen molar-refractivity contribution in [3.63, 3.8) is 0 Å². The fourth-order valence-corrected chi connectivity index (χ4v) is 5.01. The minimum atomic E-state index is -3.40. The van der Waals surface area contributed by atoms with Crippen molar-refractivity contribution in [1.82, 2.24) is 13.5 Å². The number of amides is 1. The third-order valence-electron chi connectivity index (χ3n) is 4.56. The summed E-state index contributed by atoms with van der Waals surface area (Å²) in [5.74, 6) is 0.275. The van der Waals surface area contributed by atoms with Crippen molar-refractivity contribution in [2.45, 2.75) is 12.8 Å². The summed E-state index contributed by atoms with van der Waals surface area (Å²) in [4.78, 5) is 13.9. The number of carbonyl (C=O) groups excluding carboxylic acids is 1. The minimum absolute atomic E-state index is 0.128. The molecule has 144 valence electrons. The molecule has 1 aromatic carbocycles. The van der Waals surface area contributed by atoms with Gasteiger partial charge in [0.05, 0.1) is 10.0 Å². The molecule has 0 saturated carbocycles. The van der Waals surface area contributed by atoms with Gasteiger partial charge < -0.3 is 9.64 Å². The lowest BCUT2D eigenvalue weighted by atomic mass is 10.3. The molecule has 10 heteroatoms. The molecule has 2 heterocycles. The molecule has 3 rings (SSSR count). The smallest absolute Gasteiger partial charge is 0.282 e. The average Bonchev–Trinajstić information content (AvgIpc) is 3.18. The molecule has 26 heavy (non-hydrogen) atoms. The van der Waals surface area contributed by atoms with Gasteiger partial charge in [0.25, 0.3) is 16.1 Å². The predicted octanol–water partition coefficient (Wildman–Crippen LogP) is 1.86. The van der Waals surface area contributed by atoms with Gasteiger partial charge in [-0.3, -0.25) is 4.79 Å². The van der Waals surface area contributed by atoms with Crippen molar-refractivity contribution in [3.8, 4) is 5.75 Å². The second kappa shape index (κ2) is 8.31. The Labute approximate surface area is 163 Å². The fraction of sp³-hybridized carbons (Fsp3) is 0.562. The zero-order valence-corrected chi connectivity index (χ0v) is 16.6. The number of hydrogen-bond donors (Lipinski definition) is 0. The molecule has 2 fully saturated rings. The molecule has 2 aliphatic rings. The van der Waals surface area contributed by atoms with E-state index >= 15 is 0 Å². The molecule has 0 spiro atoms. The Morgan fingerprint density at radius 1 is 0.962 bits per heavy atom. The maximum Gasteiger partial charge on any atom is 0.282 e. The summed E-state index contributed by atoms with van der Waals surface area (Å²) in [6, 6.07) is 4.80. The van der Waals surface area contributed by atoms with Crippen molar-refractivity contribution in [3.05, 3.63) is 28.2 Å². The molecule has 7 nitrogen and oxygen atoms in total. The van der Waals surface area contributed by atoms with Gasteiger partial charge in [-0.25, -0.2) is 0 Å². The zero-order valence-electron chi connectivity index (χ0n) is 14.2. The van der Waals surface area contributed by atoms with Crippen molar-refractivity contribution >= 4 is 39.3 Å². The van der Waals surface area contributed by atoms with E-state index < -0.39 is 10.2 Å². The predicted molar refractivity (Wildman–Crippen MR) is 99.8 cm³/mol. The molecule has 0 atom stereocenters. The molecule has 1 aromatic rings. The van der Waals surface area contributed by atoms with Crippen molar-refractivity contribution in [2.75, 3.05) is 45.9 Å². The molecule has 1 amide bonds. The Balaban J connectivity index is 1.49. The van der Waals surface area contributed by atoms with Crippen molar-refractivity contribution < 1.29 is 17.9 Å². The molecule has 0 aromatic heterocycles. The van der Waals surface area contributed by atoms with E-state index in [2.05, 4.69) is 0 Å². The summed E-state index contributed by atoms with van der Waals surface area (Å²) in [6.45, 7) is 2.36. The summed E-state index contributed by atoms with van der Waals surface area (Å²) in [6.07, 6.45) is 1.81. The fourth-order valence-electron chi connectivity index (χ4n) is 3.05. The number of benzene rings is 1. The highest BCUT2D eigenvalue weighted by molar-refractivity contribution is 7.86. The molecule has 0 radical (unpaired) electrons. The number of hydrogen-bond acceptors (Lipinski definition) is 4. The van der Waals surface area contributed by atoms with Gasteiger partial charge in [0.2, 0.25) is 0 Å². The topological polar surface area (TPSA) is 70.2 Å². The van der Waals surface area contributed by atoms with E-state index in [1.165, 1.54) is 8.61 Å². The van der Waals surface area contributed by atoms with Crippen LogP contribution < -0.4 is 4.74 Å². The third-order valence-corrected chi connectivity index (χ3v) is 7.34. The average molecular weight is 422 g/mol. The van der Waals surface area contributed by atoms with Crippen LogP contribution >= 0.6 is 23.2 Å². The van der Waals surface area contributed by atoms with Crippen LogP contribution in [0.2, 0.25) is 10.0 Å². The molecular weight excluding hydrogens is 401 g/mol. The molecule has 0 aliphatic carbocycles. The van der Waals surface area contributed by atoms with E-state index in [0.29, 0.717) is 55.1 Å². The second-order valence-corrected chi connectivity index (χ2v) is 9.00. The van der Waals surface area contributed by atoms with Gasteiger partial charge in [-0.05, 0) is 25.0 Å². The Hall–Kier alpha value is -1.06. The van der Waals surface area contributed by atoms with Crippen LogP contribution in [0.1, 0.15) is 12.8 Å². The van der Waals surface area contributed by atoms with Gasteiger partial charge in [0, 0.05) is 45.3 Å². The van der Waals surface area contributed by atoms with Crippen LogP contribution in [0.3, 0.4) is 0 Å². The Kier molecular flexibility index (Phi) is 6.29. The zero-order chi connectivity index (χ0) is 18.7. The number of rotatable bonds is 5. The lowest BCUT2D eigenvalue weighted by Crippen LogP contribution is -2.54. The second-order valence-electron chi connectivity index (χ2n) is 6.26. The van der Waals surface area contributed by atoms with E-state index in [9.17, 15) is 13.2 Å². The molecule has 2 saturated heterocycles. The maximum absolute atomic E-state index is 12.5. The third kappa shape index (κ3) is 4.43. The first-order valence-electron chi connectivity index (χ1n) is 8.49. The van der Waals surface area contributed by atoms with Crippen LogP contribution in [-0.4, -0.2) is 73.7 Å². The van der Waals surface area contributed by atoms with Gasteiger partial charge in [-0.1, -0.05) is 23.2 Å². The van der Waals surface area contributed by atoms with Crippen LogP contribution in [0, 0.1) is 0 Å². The van der Waals surface area contributed by atoms with Gasteiger partial charge in [0.1, 0.15) is 5.75 Å².